The number of furan rings is 1. The van der Waals surface area contributed by atoms with Crippen molar-refractivity contribution in [1.82, 2.24) is 4.90 Å². The van der Waals surface area contributed by atoms with Crippen molar-refractivity contribution >= 4 is 33.4 Å². The smallest absolute Gasteiger partial charge is 0.291 e. The molecule has 4 rings (SSSR count). The Bertz CT molecular complexity index is 862. The highest BCUT2D eigenvalue weighted by Gasteiger charge is 2.36. The second kappa shape index (κ2) is 8.46. The van der Waals surface area contributed by atoms with Gasteiger partial charge in [0, 0.05) is 17.8 Å². The van der Waals surface area contributed by atoms with Crippen LogP contribution < -0.4 is 5.32 Å². The third-order valence-electron chi connectivity index (χ3n) is 4.94. The maximum Gasteiger partial charge on any atom is 0.291 e. The molecule has 0 radical (unpaired) electrons. The summed E-state index contributed by atoms with van der Waals surface area (Å²) in [5, 5.41) is 2.76. The van der Waals surface area contributed by atoms with Crippen molar-refractivity contribution in [3.05, 3.63) is 52.4 Å². The van der Waals surface area contributed by atoms with Crippen molar-refractivity contribution in [3.63, 3.8) is 0 Å². The van der Waals surface area contributed by atoms with Crippen LogP contribution in [0.25, 0.3) is 0 Å². The Labute approximate surface area is 171 Å². The number of carbonyl (C=O) groups excluding carboxylic acids is 2. The lowest BCUT2D eigenvalue weighted by molar-refractivity contribution is -0.100. The number of nitrogens with one attached hydrogen (secondary N) is 1. The Morgan fingerprint density at radius 2 is 1.93 bits per heavy atom. The Balaban J connectivity index is 1.49. The summed E-state index contributed by atoms with van der Waals surface area (Å²) < 4.78 is 17.0. The summed E-state index contributed by atoms with van der Waals surface area (Å²) in [7, 11) is 0. The molecular formula is C20H21BrN2O5. The average molecular weight is 449 g/mol. The van der Waals surface area contributed by atoms with Crippen LogP contribution in [0.1, 0.15) is 40.2 Å². The van der Waals surface area contributed by atoms with Gasteiger partial charge in [-0.3, -0.25) is 9.59 Å². The first-order valence-corrected chi connectivity index (χ1v) is 10.1. The van der Waals surface area contributed by atoms with E-state index >= 15 is 0 Å². The normalized spacial score (nSPS) is 20.3. The second-order valence-corrected chi connectivity index (χ2v) is 7.59. The molecule has 148 valence electrons. The van der Waals surface area contributed by atoms with E-state index in [2.05, 4.69) is 21.2 Å². The van der Waals surface area contributed by atoms with Gasteiger partial charge < -0.3 is 24.1 Å². The summed E-state index contributed by atoms with van der Waals surface area (Å²) in [6.45, 7) is 1.80. The average Bonchev–Trinajstić information content (AvgIpc) is 3.39. The van der Waals surface area contributed by atoms with E-state index in [1.165, 1.54) is 0 Å². The van der Waals surface area contributed by atoms with E-state index in [4.69, 9.17) is 13.9 Å². The number of rotatable bonds is 4. The maximum absolute atomic E-state index is 13.2. The zero-order chi connectivity index (χ0) is 19.5. The zero-order valence-corrected chi connectivity index (χ0v) is 16.8. The molecule has 1 unspecified atom stereocenters. The van der Waals surface area contributed by atoms with Gasteiger partial charge in [0.15, 0.2) is 16.7 Å². The molecule has 1 atom stereocenters. The van der Waals surface area contributed by atoms with Crippen LogP contribution in [0.5, 0.6) is 0 Å². The van der Waals surface area contributed by atoms with E-state index in [1.54, 1.807) is 36.4 Å². The highest BCUT2D eigenvalue weighted by molar-refractivity contribution is 9.10. The highest BCUT2D eigenvalue weighted by atomic mass is 79.9. The van der Waals surface area contributed by atoms with Gasteiger partial charge in [-0.1, -0.05) is 6.07 Å². The molecule has 28 heavy (non-hydrogen) atoms. The minimum Gasteiger partial charge on any atom is -0.444 e. The summed E-state index contributed by atoms with van der Waals surface area (Å²) in [5.41, 5.74) is 1.05. The molecule has 2 saturated heterocycles. The van der Waals surface area contributed by atoms with Crippen LogP contribution in [-0.4, -0.2) is 48.8 Å². The molecular weight excluding hydrogens is 428 g/mol. The van der Waals surface area contributed by atoms with Gasteiger partial charge in [-0.05, 0) is 65.5 Å². The Kier molecular flexibility index (Phi) is 5.79. The van der Waals surface area contributed by atoms with E-state index in [9.17, 15) is 9.59 Å². The Morgan fingerprint density at radius 1 is 1.11 bits per heavy atom. The van der Waals surface area contributed by atoms with Crippen molar-refractivity contribution in [2.75, 3.05) is 25.1 Å². The summed E-state index contributed by atoms with van der Waals surface area (Å²) in [5.74, 6) is -0.269. The van der Waals surface area contributed by atoms with E-state index in [0.29, 0.717) is 35.7 Å². The number of amides is 2. The Hall–Kier alpha value is -2.16. The molecule has 2 aliphatic heterocycles. The molecule has 8 heteroatoms. The third-order valence-corrected chi connectivity index (χ3v) is 5.36. The third kappa shape index (κ3) is 4.14. The van der Waals surface area contributed by atoms with Gasteiger partial charge in [-0.15, -0.1) is 0 Å². The van der Waals surface area contributed by atoms with E-state index in [-0.39, 0.29) is 29.9 Å². The lowest BCUT2D eigenvalue weighted by atomic mass is 10.00. The first-order valence-electron chi connectivity index (χ1n) is 9.33. The molecule has 0 spiro atoms. The number of piperidine rings is 1. The fraction of sp³-hybridized carbons (Fsp3) is 0.400. The summed E-state index contributed by atoms with van der Waals surface area (Å²) in [4.78, 5) is 27.3. The van der Waals surface area contributed by atoms with Crippen LogP contribution in [0.15, 0.2) is 45.5 Å². The number of benzene rings is 1. The van der Waals surface area contributed by atoms with Gasteiger partial charge in [0.05, 0.1) is 19.3 Å². The minimum atomic E-state index is -0.376. The number of halogens is 1. The largest absolute Gasteiger partial charge is 0.444 e. The topological polar surface area (TPSA) is 81.0 Å². The monoisotopic (exact) mass is 448 g/mol. The first kappa shape index (κ1) is 19.2. The molecule has 2 aliphatic rings. The lowest BCUT2D eigenvalue weighted by Gasteiger charge is -2.38. The number of anilines is 1. The SMILES string of the molecule is O=C(Nc1cccc(C(=O)N2CCCCC2C2OCCO2)c1)c1ccc(Br)o1. The Morgan fingerprint density at radius 3 is 2.68 bits per heavy atom. The number of hydrogen-bond donors (Lipinski definition) is 1. The summed E-state index contributed by atoms with van der Waals surface area (Å²) in [6, 6.07) is 10.1. The molecule has 2 aromatic rings. The van der Waals surface area contributed by atoms with Gasteiger partial charge in [0.1, 0.15) is 0 Å². The number of ether oxygens (including phenoxy) is 2. The van der Waals surface area contributed by atoms with E-state index < -0.39 is 0 Å². The summed E-state index contributed by atoms with van der Waals surface area (Å²) >= 11 is 3.18. The number of carbonyl (C=O) groups is 2. The molecule has 3 heterocycles. The molecule has 1 aromatic heterocycles. The van der Waals surface area contributed by atoms with Gasteiger partial charge in [-0.2, -0.15) is 0 Å². The molecule has 1 aromatic carbocycles. The van der Waals surface area contributed by atoms with Gasteiger partial charge >= 0.3 is 0 Å². The van der Waals surface area contributed by atoms with Crippen LogP contribution >= 0.6 is 15.9 Å². The molecule has 2 fully saturated rings. The van der Waals surface area contributed by atoms with E-state index in [0.717, 1.165) is 19.3 Å². The maximum atomic E-state index is 13.2. The minimum absolute atomic E-state index is 0.0810. The number of likely N-dealkylation sites (tertiary alicyclic amines) is 1. The fourth-order valence-electron chi connectivity index (χ4n) is 3.62. The van der Waals surface area contributed by atoms with E-state index in [1.807, 2.05) is 4.90 Å². The van der Waals surface area contributed by atoms with Gasteiger partial charge in [0.25, 0.3) is 11.8 Å². The molecule has 0 aliphatic carbocycles. The van der Waals surface area contributed by atoms with Crippen molar-refractivity contribution in [2.24, 2.45) is 0 Å². The van der Waals surface area contributed by atoms with Crippen molar-refractivity contribution in [2.45, 2.75) is 31.6 Å². The molecule has 1 N–H and O–H groups in total. The van der Waals surface area contributed by atoms with Crippen LogP contribution in [0.3, 0.4) is 0 Å². The zero-order valence-electron chi connectivity index (χ0n) is 15.2. The highest BCUT2D eigenvalue weighted by Crippen LogP contribution is 2.26. The van der Waals surface area contributed by atoms with Crippen LogP contribution in [0, 0.1) is 0 Å². The molecule has 7 nitrogen and oxygen atoms in total. The quantitative estimate of drug-likeness (QED) is 0.771. The number of nitrogens with zero attached hydrogens (tertiary/aromatic N) is 1. The molecule has 0 bridgehead atoms. The van der Waals surface area contributed by atoms with Gasteiger partial charge in [0.2, 0.25) is 0 Å². The summed E-state index contributed by atoms with van der Waals surface area (Å²) in [6.07, 6.45) is 2.51. The second-order valence-electron chi connectivity index (χ2n) is 6.81. The van der Waals surface area contributed by atoms with Crippen LogP contribution in [-0.2, 0) is 9.47 Å². The predicted octanol–water partition coefficient (Wildman–Crippen LogP) is 3.66. The predicted molar refractivity (Wildman–Crippen MR) is 105 cm³/mol. The van der Waals surface area contributed by atoms with Crippen molar-refractivity contribution in [1.29, 1.82) is 0 Å². The molecule has 2 amide bonds. The van der Waals surface area contributed by atoms with Gasteiger partial charge in [-0.25, -0.2) is 0 Å². The van der Waals surface area contributed by atoms with Crippen LogP contribution in [0.4, 0.5) is 5.69 Å². The first-order chi connectivity index (χ1) is 13.6. The van der Waals surface area contributed by atoms with Crippen molar-refractivity contribution < 1.29 is 23.5 Å². The number of hydrogen-bond acceptors (Lipinski definition) is 5. The van der Waals surface area contributed by atoms with Crippen molar-refractivity contribution in [3.8, 4) is 0 Å². The standard InChI is InChI=1S/C20H21BrN2O5/c21-17-8-7-16(28-17)18(24)22-14-5-3-4-13(12-14)19(25)23-9-2-1-6-15(23)20-26-10-11-27-20/h3-5,7-8,12,15,20H,1-2,6,9-11H2,(H,22,24). The molecule has 0 saturated carbocycles. The van der Waals surface area contributed by atoms with Crippen LogP contribution in [0.2, 0.25) is 0 Å². The fourth-order valence-corrected chi connectivity index (χ4v) is 3.92. The lowest BCUT2D eigenvalue weighted by Crippen LogP contribution is -2.50.